The summed E-state index contributed by atoms with van der Waals surface area (Å²) < 4.78 is 0.922. The Morgan fingerprint density at radius 2 is 2.25 bits per heavy atom. The van der Waals surface area contributed by atoms with Gasteiger partial charge in [-0.15, -0.1) is 0 Å². The first kappa shape index (κ1) is 13.1. The van der Waals surface area contributed by atoms with Crippen LogP contribution in [0.15, 0.2) is 16.7 Å². The highest BCUT2D eigenvalue weighted by Crippen LogP contribution is 2.13. The maximum Gasteiger partial charge on any atom is 0.323 e. The number of aromatic nitrogens is 1. The molecule has 16 heavy (non-hydrogen) atoms. The summed E-state index contributed by atoms with van der Waals surface area (Å²) >= 11 is 3.33. The molecule has 0 aliphatic rings. The minimum Gasteiger partial charge on any atom is -0.480 e. The molecule has 0 amide bonds. The summed E-state index contributed by atoms with van der Waals surface area (Å²) in [6.45, 7) is 5.65. The number of carboxylic acids is 1. The Hall–Kier alpha value is -0.940. The SMILES string of the molecule is Cc1cc(Br)cnc1CNC(C)(C)C(=O)O. The molecule has 1 rings (SSSR count). The summed E-state index contributed by atoms with van der Waals surface area (Å²) in [6.07, 6.45) is 1.71. The highest BCUT2D eigenvalue weighted by atomic mass is 79.9. The highest BCUT2D eigenvalue weighted by Gasteiger charge is 2.26. The van der Waals surface area contributed by atoms with E-state index in [1.165, 1.54) is 0 Å². The minimum atomic E-state index is -0.943. The van der Waals surface area contributed by atoms with E-state index < -0.39 is 11.5 Å². The van der Waals surface area contributed by atoms with Crippen LogP contribution in [0, 0.1) is 6.92 Å². The Morgan fingerprint density at radius 1 is 1.62 bits per heavy atom. The zero-order valence-electron chi connectivity index (χ0n) is 9.54. The van der Waals surface area contributed by atoms with Crippen molar-refractivity contribution in [2.75, 3.05) is 0 Å². The lowest BCUT2D eigenvalue weighted by Gasteiger charge is -2.21. The lowest BCUT2D eigenvalue weighted by molar-refractivity contribution is -0.143. The van der Waals surface area contributed by atoms with Crippen LogP contribution in [0.25, 0.3) is 0 Å². The van der Waals surface area contributed by atoms with Gasteiger partial charge in [0.2, 0.25) is 0 Å². The molecule has 0 radical (unpaired) electrons. The molecule has 1 heterocycles. The molecule has 0 saturated heterocycles. The van der Waals surface area contributed by atoms with Gasteiger partial charge in [0.05, 0.1) is 5.69 Å². The van der Waals surface area contributed by atoms with E-state index in [1.807, 2.05) is 13.0 Å². The molecular formula is C11H15BrN2O2. The van der Waals surface area contributed by atoms with Gasteiger partial charge in [-0.2, -0.15) is 0 Å². The van der Waals surface area contributed by atoms with E-state index in [9.17, 15) is 4.79 Å². The van der Waals surface area contributed by atoms with Crippen molar-refractivity contribution < 1.29 is 9.90 Å². The van der Waals surface area contributed by atoms with Gasteiger partial charge in [-0.05, 0) is 48.3 Å². The third kappa shape index (κ3) is 3.28. The van der Waals surface area contributed by atoms with Gasteiger partial charge in [0, 0.05) is 17.2 Å². The van der Waals surface area contributed by atoms with E-state index in [0.717, 1.165) is 15.7 Å². The summed E-state index contributed by atoms with van der Waals surface area (Å²) in [7, 11) is 0. The molecular weight excluding hydrogens is 272 g/mol. The van der Waals surface area contributed by atoms with Crippen LogP contribution in [0.3, 0.4) is 0 Å². The fourth-order valence-corrected chi connectivity index (χ4v) is 1.58. The molecule has 0 aliphatic heterocycles. The number of hydrogen-bond donors (Lipinski definition) is 2. The topological polar surface area (TPSA) is 62.2 Å². The van der Waals surface area contributed by atoms with Gasteiger partial charge in [0.1, 0.15) is 5.54 Å². The number of pyridine rings is 1. The molecule has 5 heteroatoms. The molecule has 0 atom stereocenters. The molecule has 4 nitrogen and oxygen atoms in total. The second-order valence-electron chi connectivity index (χ2n) is 4.20. The number of carbonyl (C=O) groups is 1. The third-order valence-corrected chi connectivity index (χ3v) is 2.82. The van der Waals surface area contributed by atoms with Crippen LogP contribution in [0.4, 0.5) is 0 Å². The van der Waals surface area contributed by atoms with Crippen molar-refractivity contribution in [2.24, 2.45) is 0 Å². The zero-order chi connectivity index (χ0) is 12.3. The molecule has 0 saturated carbocycles. The third-order valence-electron chi connectivity index (χ3n) is 2.39. The first-order valence-corrected chi connectivity index (χ1v) is 5.71. The van der Waals surface area contributed by atoms with E-state index in [-0.39, 0.29) is 0 Å². The lowest BCUT2D eigenvalue weighted by Crippen LogP contribution is -2.46. The monoisotopic (exact) mass is 286 g/mol. The Labute approximate surface area is 103 Å². The van der Waals surface area contributed by atoms with Crippen molar-refractivity contribution in [3.63, 3.8) is 0 Å². The first-order valence-electron chi connectivity index (χ1n) is 4.92. The fourth-order valence-electron chi connectivity index (χ4n) is 1.13. The van der Waals surface area contributed by atoms with Gasteiger partial charge < -0.3 is 5.11 Å². The number of nitrogens with one attached hydrogen (secondary N) is 1. The number of halogens is 1. The van der Waals surface area contributed by atoms with Crippen LogP contribution in [-0.4, -0.2) is 21.6 Å². The normalized spacial score (nSPS) is 11.5. The van der Waals surface area contributed by atoms with Gasteiger partial charge in [-0.25, -0.2) is 0 Å². The molecule has 1 aromatic rings. The molecule has 88 valence electrons. The average Bonchev–Trinajstić information content (AvgIpc) is 2.16. The van der Waals surface area contributed by atoms with Crippen LogP contribution in [0.1, 0.15) is 25.1 Å². The van der Waals surface area contributed by atoms with Crippen LogP contribution in [0.2, 0.25) is 0 Å². The molecule has 2 N–H and O–H groups in total. The maximum absolute atomic E-state index is 10.9. The minimum absolute atomic E-state index is 0.443. The predicted octanol–water partition coefficient (Wildman–Crippen LogP) is 2.11. The number of carboxylic acid groups (broad SMARTS) is 1. The molecule has 0 aromatic carbocycles. The molecule has 0 fully saturated rings. The molecule has 0 bridgehead atoms. The smallest absolute Gasteiger partial charge is 0.323 e. The second kappa shape index (κ2) is 4.93. The summed E-state index contributed by atoms with van der Waals surface area (Å²) in [5, 5.41) is 11.9. The first-order chi connectivity index (χ1) is 7.33. The Balaban J connectivity index is 2.72. The highest BCUT2D eigenvalue weighted by molar-refractivity contribution is 9.10. The van der Waals surface area contributed by atoms with Crippen molar-refractivity contribution in [1.82, 2.24) is 10.3 Å². The Bertz CT molecular complexity index is 405. The van der Waals surface area contributed by atoms with Crippen LogP contribution < -0.4 is 5.32 Å². The predicted molar refractivity (Wildman–Crippen MR) is 65.2 cm³/mol. The van der Waals surface area contributed by atoms with Crippen molar-refractivity contribution in [3.8, 4) is 0 Å². The van der Waals surface area contributed by atoms with Crippen molar-refractivity contribution in [2.45, 2.75) is 32.9 Å². The van der Waals surface area contributed by atoms with Crippen LogP contribution in [0.5, 0.6) is 0 Å². The second-order valence-corrected chi connectivity index (χ2v) is 5.12. The fraction of sp³-hybridized carbons (Fsp3) is 0.455. The molecule has 0 aliphatic carbocycles. The van der Waals surface area contributed by atoms with E-state index in [1.54, 1.807) is 20.0 Å². The molecule has 0 spiro atoms. The largest absolute Gasteiger partial charge is 0.480 e. The van der Waals surface area contributed by atoms with E-state index >= 15 is 0 Å². The van der Waals surface area contributed by atoms with Crippen LogP contribution >= 0.6 is 15.9 Å². The Kier molecular flexibility index (Phi) is 4.04. The van der Waals surface area contributed by atoms with Crippen molar-refractivity contribution >= 4 is 21.9 Å². The van der Waals surface area contributed by atoms with Gasteiger partial charge >= 0.3 is 5.97 Å². The average molecular weight is 287 g/mol. The maximum atomic E-state index is 10.9. The molecule has 1 aromatic heterocycles. The van der Waals surface area contributed by atoms with Gasteiger partial charge in [-0.3, -0.25) is 15.1 Å². The van der Waals surface area contributed by atoms with Gasteiger partial charge in [0.15, 0.2) is 0 Å². The number of hydrogen-bond acceptors (Lipinski definition) is 3. The summed E-state index contributed by atoms with van der Waals surface area (Å²) in [6, 6.07) is 1.96. The van der Waals surface area contributed by atoms with E-state index in [2.05, 4.69) is 26.2 Å². The van der Waals surface area contributed by atoms with E-state index in [0.29, 0.717) is 6.54 Å². The van der Waals surface area contributed by atoms with E-state index in [4.69, 9.17) is 5.11 Å². The standard InChI is InChI=1S/C11H15BrN2O2/c1-7-4-8(12)5-13-9(7)6-14-11(2,3)10(15)16/h4-5,14H,6H2,1-3H3,(H,15,16). The summed E-state index contributed by atoms with van der Waals surface area (Å²) in [4.78, 5) is 15.1. The van der Waals surface area contributed by atoms with Crippen LogP contribution in [-0.2, 0) is 11.3 Å². The lowest BCUT2D eigenvalue weighted by atomic mass is 10.1. The van der Waals surface area contributed by atoms with Gasteiger partial charge in [-0.1, -0.05) is 0 Å². The number of nitrogens with zero attached hydrogens (tertiary/aromatic N) is 1. The summed E-state index contributed by atoms with van der Waals surface area (Å²) in [5.74, 6) is -0.873. The van der Waals surface area contributed by atoms with Crippen molar-refractivity contribution in [1.29, 1.82) is 0 Å². The number of rotatable bonds is 4. The number of aryl methyl sites for hydroxylation is 1. The molecule has 0 unspecified atom stereocenters. The summed E-state index contributed by atoms with van der Waals surface area (Å²) in [5.41, 5.74) is 0.946. The number of aliphatic carboxylic acids is 1. The quantitative estimate of drug-likeness (QED) is 0.890. The Morgan fingerprint density at radius 3 is 2.75 bits per heavy atom. The zero-order valence-corrected chi connectivity index (χ0v) is 11.1. The van der Waals surface area contributed by atoms with Crippen molar-refractivity contribution in [3.05, 3.63) is 28.0 Å². The van der Waals surface area contributed by atoms with Gasteiger partial charge in [0.25, 0.3) is 0 Å².